The van der Waals surface area contributed by atoms with Crippen molar-refractivity contribution in [3.05, 3.63) is 35.4 Å². The van der Waals surface area contributed by atoms with Crippen molar-refractivity contribution in [2.75, 3.05) is 33.4 Å². The summed E-state index contributed by atoms with van der Waals surface area (Å²) in [5.74, 6) is -0.360. The van der Waals surface area contributed by atoms with Crippen LogP contribution in [-0.2, 0) is 9.53 Å². The highest BCUT2D eigenvalue weighted by Crippen LogP contribution is 2.28. The Kier molecular flexibility index (Phi) is 9.93. The normalized spacial score (nSPS) is 16.8. The zero-order valence-corrected chi connectivity index (χ0v) is 18.2. The van der Waals surface area contributed by atoms with Gasteiger partial charge in [-0.25, -0.2) is 0 Å². The number of hydrogen-bond acceptors (Lipinski definition) is 4. The van der Waals surface area contributed by atoms with E-state index in [-0.39, 0.29) is 35.6 Å². The van der Waals surface area contributed by atoms with Gasteiger partial charge in [-0.3, -0.25) is 9.59 Å². The molecule has 1 fully saturated rings. The van der Waals surface area contributed by atoms with E-state index >= 15 is 0 Å². The van der Waals surface area contributed by atoms with E-state index in [0.717, 1.165) is 31.5 Å². The largest absolute Gasteiger partial charge is 0.384 e. The molecular formula is C21H34ClN3O3. The summed E-state index contributed by atoms with van der Waals surface area (Å²) in [5.41, 5.74) is 1.45. The fourth-order valence-corrected chi connectivity index (χ4v) is 3.60. The molecule has 0 aromatic heterocycles. The van der Waals surface area contributed by atoms with Gasteiger partial charge in [0.15, 0.2) is 0 Å². The van der Waals surface area contributed by atoms with Crippen molar-refractivity contribution in [3.8, 4) is 0 Å². The zero-order chi connectivity index (χ0) is 19.9. The van der Waals surface area contributed by atoms with Crippen molar-refractivity contribution >= 4 is 24.2 Å². The first-order valence-corrected chi connectivity index (χ1v) is 9.72. The van der Waals surface area contributed by atoms with Crippen LogP contribution < -0.4 is 16.0 Å². The molecule has 1 unspecified atom stereocenters. The van der Waals surface area contributed by atoms with Gasteiger partial charge in [0.2, 0.25) is 5.91 Å². The minimum absolute atomic E-state index is 0. The molecule has 0 bridgehead atoms. The predicted octanol–water partition coefficient (Wildman–Crippen LogP) is 2.30. The summed E-state index contributed by atoms with van der Waals surface area (Å²) in [4.78, 5) is 25.5. The van der Waals surface area contributed by atoms with Crippen LogP contribution in [0.3, 0.4) is 0 Å². The standard InChI is InChI=1S/C21H33N3O3.ClH/c1-15(2)18(24-19(25)17-8-6-5-7-16(17)3)20(26)23-13-21(14-27-4)9-11-22-12-10-21;/h5-8,15,18,22H,9-14H2,1-4H3,(H,23,26)(H,24,25);1H. The molecule has 1 aliphatic rings. The van der Waals surface area contributed by atoms with Gasteiger partial charge in [0.25, 0.3) is 5.91 Å². The molecule has 1 aromatic carbocycles. The smallest absolute Gasteiger partial charge is 0.252 e. The number of piperidine rings is 1. The van der Waals surface area contributed by atoms with Crippen molar-refractivity contribution in [3.63, 3.8) is 0 Å². The number of hydrogen-bond donors (Lipinski definition) is 3. The molecule has 1 heterocycles. The first-order chi connectivity index (χ1) is 12.9. The Bertz CT molecular complexity index is 640. The summed E-state index contributed by atoms with van der Waals surface area (Å²) < 4.78 is 5.41. The Morgan fingerprint density at radius 3 is 2.43 bits per heavy atom. The molecule has 0 aliphatic carbocycles. The minimum atomic E-state index is -0.571. The van der Waals surface area contributed by atoms with Crippen molar-refractivity contribution in [1.29, 1.82) is 0 Å². The van der Waals surface area contributed by atoms with E-state index in [4.69, 9.17) is 4.74 Å². The second-order valence-electron chi connectivity index (χ2n) is 7.91. The lowest BCUT2D eigenvalue weighted by Gasteiger charge is -2.37. The van der Waals surface area contributed by atoms with E-state index in [2.05, 4.69) is 16.0 Å². The number of carbonyl (C=O) groups excluding carboxylic acids is 2. The molecule has 1 saturated heterocycles. The van der Waals surface area contributed by atoms with Gasteiger partial charge in [-0.2, -0.15) is 0 Å². The van der Waals surface area contributed by atoms with Crippen molar-refractivity contribution in [2.24, 2.45) is 11.3 Å². The molecule has 1 aromatic rings. The number of carbonyl (C=O) groups is 2. The van der Waals surface area contributed by atoms with Gasteiger partial charge in [0.1, 0.15) is 6.04 Å². The van der Waals surface area contributed by atoms with Crippen LogP contribution >= 0.6 is 12.4 Å². The lowest BCUT2D eigenvalue weighted by molar-refractivity contribution is -0.124. The first kappa shape index (κ1) is 24.4. The Balaban J connectivity index is 0.00000392. The fraction of sp³-hybridized carbons (Fsp3) is 0.619. The molecule has 0 saturated carbocycles. The third kappa shape index (κ3) is 6.47. The Morgan fingerprint density at radius 2 is 1.86 bits per heavy atom. The van der Waals surface area contributed by atoms with Gasteiger partial charge < -0.3 is 20.7 Å². The second kappa shape index (κ2) is 11.4. The Hall–Kier alpha value is -1.63. The maximum Gasteiger partial charge on any atom is 0.252 e. The average Bonchev–Trinajstić information content (AvgIpc) is 2.65. The van der Waals surface area contributed by atoms with Gasteiger partial charge in [0.05, 0.1) is 6.61 Å². The summed E-state index contributed by atoms with van der Waals surface area (Å²) in [6.07, 6.45) is 1.92. The monoisotopic (exact) mass is 411 g/mol. The molecule has 28 heavy (non-hydrogen) atoms. The molecule has 0 radical (unpaired) electrons. The van der Waals surface area contributed by atoms with E-state index in [1.807, 2.05) is 39.0 Å². The number of benzene rings is 1. The molecular weight excluding hydrogens is 378 g/mol. The number of aryl methyl sites for hydroxylation is 1. The Labute approximate surface area is 174 Å². The molecule has 7 heteroatoms. The molecule has 6 nitrogen and oxygen atoms in total. The SMILES string of the molecule is COCC1(CNC(=O)C(NC(=O)c2ccccc2C)C(C)C)CCNCC1.Cl. The lowest BCUT2D eigenvalue weighted by Crippen LogP contribution is -2.53. The number of rotatable bonds is 8. The van der Waals surface area contributed by atoms with Gasteiger partial charge >= 0.3 is 0 Å². The van der Waals surface area contributed by atoms with Gasteiger partial charge in [-0.1, -0.05) is 32.0 Å². The number of halogens is 1. The van der Waals surface area contributed by atoms with Crippen molar-refractivity contribution in [1.82, 2.24) is 16.0 Å². The predicted molar refractivity (Wildman–Crippen MR) is 114 cm³/mol. The van der Waals surface area contributed by atoms with Crippen LogP contribution in [0.15, 0.2) is 24.3 Å². The lowest BCUT2D eigenvalue weighted by atomic mass is 9.79. The molecule has 1 atom stereocenters. The van der Waals surface area contributed by atoms with E-state index in [1.54, 1.807) is 13.2 Å². The van der Waals surface area contributed by atoms with E-state index in [1.165, 1.54) is 0 Å². The summed E-state index contributed by atoms with van der Waals surface area (Å²) in [6.45, 7) is 8.82. The molecule has 0 spiro atoms. The number of amides is 2. The van der Waals surface area contributed by atoms with Crippen LogP contribution in [0.25, 0.3) is 0 Å². The maximum absolute atomic E-state index is 12.8. The molecule has 158 valence electrons. The number of nitrogens with one attached hydrogen (secondary N) is 3. The zero-order valence-electron chi connectivity index (χ0n) is 17.3. The van der Waals surface area contributed by atoms with Crippen molar-refractivity contribution in [2.45, 2.75) is 39.7 Å². The third-order valence-corrected chi connectivity index (χ3v) is 5.38. The van der Waals surface area contributed by atoms with Gasteiger partial charge in [0, 0.05) is 24.6 Å². The minimum Gasteiger partial charge on any atom is -0.384 e. The van der Waals surface area contributed by atoms with E-state index in [0.29, 0.717) is 18.7 Å². The maximum atomic E-state index is 12.8. The Morgan fingerprint density at radius 1 is 1.21 bits per heavy atom. The summed E-state index contributed by atoms with van der Waals surface area (Å²) >= 11 is 0. The highest BCUT2D eigenvalue weighted by Gasteiger charge is 2.34. The molecule has 1 aliphatic heterocycles. The summed E-state index contributed by atoms with van der Waals surface area (Å²) in [6, 6.07) is 6.83. The number of ether oxygens (including phenoxy) is 1. The van der Waals surface area contributed by atoms with Crippen LogP contribution in [0.5, 0.6) is 0 Å². The van der Waals surface area contributed by atoms with E-state index < -0.39 is 6.04 Å². The van der Waals surface area contributed by atoms with Crippen LogP contribution in [-0.4, -0.2) is 51.2 Å². The molecule has 3 N–H and O–H groups in total. The fourth-order valence-electron chi connectivity index (χ4n) is 3.60. The van der Waals surface area contributed by atoms with Crippen LogP contribution in [0.2, 0.25) is 0 Å². The van der Waals surface area contributed by atoms with Crippen LogP contribution in [0.1, 0.15) is 42.6 Å². The molecule has 2 amide bonds. The summed E-state index contributed by atoms with van der Waals surface area (Å²) in [7, 11) is 1.70. The van der Waals surface area contributed by atoms with Gasteiger partial charge in [-0.05, 0) is 50.4 Å². The molecule has 2 rings (SSSR count). The topological polar surface area (TPSA) is 79.5 Å². The summed E-state index contributed by atoms with van der Waals surface area (Å²) in [5, 5.41) is 9.33. The van der Waals surface area contributed by atoms with Crippen LogP contribution in [0, 0.1) is 18.3 Å². The average molecular weight is 412 g/mol. The van der Waals surface area contributed by atoms with E-state index in [9.17, 15) is 9.59 Å². The number of methoxy groups -OCH3 is 1. The van der Waals surface area contributed by atoms with Crippen LogP contribution in [0.4, 0.5) is 0 Å². The van der Waals surface area contributed by atoms with Gasteiger partial charge in [-0.15, -0.1) is 12.4 Å². The third-order valence-electron chi connectivity index (χ3n) is 5.38. The highest BCUT2D eigenvalue weighted by atomic mass is 35.5. The van der Waals surface area contributed by atoms with Crippen molar-refractivity contribution < 1.29 is 14.3 Å². The highest BCUT2D eigenvalue weighted by molar-refractivity contribution is 5.98. The quantitative estimate of drug-likeness (QED) is 0.613. The first-order valence-electron chi connectivity index (χ1n) is 9.72. The second-order valence-corrected chi connectivity index (χ2v) is 7.91.